The number of nitrogens with two attached hydrogens (primary N) is 1. The fourth-order valence-corrected chi connectivity index (χ4v) is 2.66. The third-order valence-electron chi connectivity index (χ3n) is 3.88. The molecule has 1 saturated carbocycles. The third-order valence-corrected chi connectivity index (χ3v) is 3.88. The molecule has 4 nitrogen and oxygen atoms in total. The summed E-state index contributed by atoms with van der Waals surface area (Å²) in [5, 5.41) is 3.13. The summed E-state index contributed by atoms with van der Waals surface area (Å²) in [5.74, 6) is 0.536. The standard InChI is InChI=1S/C15H22N2O2/c1-15(8-4-3-5-9-15)17-14(18)12-10-11(19-2)6-7-13(12)16/h6-7,10H,3-5,8-9,16H2,1-2H3,(H,17,18). The molecule has 1 aliphatic carbocycles. The summed E-state index contributed by atoms with van der Waals surface area (Å²) in [5.41, 5.74) is 6.75. The van der Waals surface area contributed by atoms with Crippen LogP contribution in [-0.4, -0.2) is 18.6 Å². The molecular formula is C15H22N2O2. The van der Waals surface area contributed by atoms with E-state index in [0.29, 0.717) is 17.0 Å². The van der Waals surface area contributed by atoms with Gasteiger partial charge in [-0.1, -0.05) is 19.3 Å². The van der Waals surface area contributed by atoms with Crippen LogP contribution in [0.2, 0.25) is 0 Å². The Morgan fingerprint density at radius 2 is 2.00 bits per heavy atom. The minimum atomic E-state index is -0.110. The first-order chi connectivity index (χ1) is 9.04. The fourth-order valence-electron chi connectivity index (χ4n) is 2.66. The van der Waals surface area contributed by atoms with Gasteiger partial charge in [0.1, 0.15) is 5.75 Å². The van der Waals surface area contributed by atoms with E-state index >= 15 is 0 Å². The highest BCUT2D eigenvalue weighted by atomic mass is 16.5. The number of nitrogens with one attached hydrogen (secondary N) is 1. The second kappa shape index (κ2) is 5.51. The molecule has 1 amide bonds. The van der Waals surface area contributed by atoms with E-state index in [4.69, 9.17) is 10.5 Å². The van der Waals surface area contributed by atoms with Crippen molar-refractivity contribution in [2.75, 3.05) is 12.8 Å². The van der Waals surface area contributed by atoms with Crippen molar-refractivity contribution in [2.24, 2.45) is 0 Å². The lowest BCUT2D eigenvalue weighted by Crippen LogP contribution is -2.47. The van der Waals surface area contributed by atoms with Crippen LogP contribution >= 0.6 is 0 Å². The van der Waals surface area contributed by atoms with Crippen molar-refractivity contribution >= 4 is 11.6 Å². The van der Waals surface area contributed by atoms with Crippen LogP contribution in [0.15, 0.2) is 18.2 Å². The molecule has 1 aromatic carbocycles. The molecule has 0 bridgehead atoms. The van der Waals surface area contributed by atoms with E-state index in [-0.39, 0.29) is 11.4 Å². The number of ether oxygens (including phenoxy) is 1. The van der Waals surface area contributed by atoms with Crippen molar-refractivity contribution in [2.45, 2.75) is 44.6 Å². The molecule has 3 N–H and O–H groups in total. The second-order valence-electron chi connectivity index (χ2n) is 5.53. The van der Waals surface area contributed by atoms with Gasteiger partial charge in [0.2, 0.25) is 0 Å². The van der Waals surface area contributed by atoms with E-state index in [0.717, 1.165) is 12.8 Å². The summed E-state index contributed by atoms with van der Waals surface area (Å²) in [7, 11) is 1.58. The molecule has 104 valence electrons. The molecule has 1 aliphatic rings. The molecule has 0 aromatic heterocycles. The lowest BCUT2D eigenvalue weighted by atomic mass is 9.83. The maximum atomic E-state index is 12.4. The SMILES string of the molecule is COc1ccc(N)c(C(=O)NC2(C)CCCCC2)c1. The number of benzene rings is 1. The lowest BCUT2D eigenvalue weighted by Gasteiger charge is -2.34. The fraction of sp³-hybridized carbons (Fsp3) is 0.533. The van der Waals surface area contributed by atoms with Crippen LogP contribution in [0.4, 0.5) is 5.69 Å². The Labute approximate surface area is 114 Å². The Morgan fingerprint density at radius 1 is 1.32 bits per heavy atom. The summed E-state index contributed by atoms with van der Waals surface area (Å²) in [6.07, 6.45) is 5.66. The molecule has 0 unspecified atom stereocenters. The molecular weight excluding hydrogens is 240 g/mol. The van der Waals surface area contributed by atoms with Crippen LogP contribution in [0.25, 0.3) is 0 Å². The predicted octanol–water partition coefficient (Wildman–Crippen LogP) is 2.73. The molecule has 19 heavy (non-hydrogen) atoms. The Kier molecular flexibility index (Phi) is 3.98. The summed E-state index contributed by atoms with van der Waals surface area (Å²) in [6.45, 7) is 2.11. The van der Waals surface area contributed by atoms with Gasteiger partial charge in [-0.05, 0) is 38.0 Å². The van der Waals surface area contributed by atoms with Gasteiger partial charge in [-0.3, -0.25) is 4.79 Å². The van der Waals surface area contributed by atoms with Gasteiger partial charge >= 0.3 is 0 Å². The number of carbonyl (C=O) groups is 1. The number of anilines is 1. The van der Waals surface area contributed by atoms with Gasteiger partial charge in [0.25, 0.3) is 5.91 Å². The van der Waals surface area contributed by atoms with Gasteiger partial charge in [0.15, 0.2) is 0 Å². The van der Waals surface area contributed by atoms with E-state index in [1.807, 2.05) is 0 Å². The number of hydrogen-bond acceptors (Lipinski definition) is 3. The molecule has 4 heteroatoms. The van der Waals surface area contributed by atoms with Gasteiger partial charge in [-0.2, -0.15) is 0 Å². The van der Waals surface area contributed by atoms with Crippen LogP contribution in [0, 0.1) is 0 Å². The van der Waals surface area contributed by atoms with Crippen LogP contribution < -0.4 is 15.8 Å². The summed E-state index contributed by atoms with van der Waals surface area (Å²) >= 11 is 0. The van der Waals surface area contributed by atoms with Crippen molar-refractivity contribution in [1.82, 2.24) is 5.32 Å². The Balaban J connectivity index is 2.15. The molecule has 0 radical (unpaired) electrons. The first-order valence-corrected chi connectivity index (χ1v) is 6.80. The molecule has 1 aromatic rings. The average Bonchev–Trinajstić information content (AvgIpc) is 2.39. The zero-order valence-electron chi connectivity index (χ0n) is 11.7. The lowest BCUT2D eigenvalue weighted by molar-refractivity contribution is 0.0883. The number of hydrogen-bond donors (Lipinski definition) is 2. The normalized spacial score (nSPS) is 17.8. The monoisotopic (exact) mass is 262 g/mol. The smallest absolute Gasteiger partial charge is 0.253 e. The van der Waals surface area contributed by atoms with Crippen molar-refractivity contribution in [3.63, 3.8) is 0 Å². The highest BCUT2D eigenvalue weighted by Gasteiger charge is 2.29. The minimum Gasteiger partial charge on any atom is -0.497 e. The maximum Gasteiger partial charge on any atom is 0.253 e. The number of amides is 1. The van der Waals surface area contributed by atoms with Crippen molar-refractivity contribution in [3.05, 3.63) is 23.8 Å². The van der Waals surface area contributed by atoms with Crippen LogP contribution in [0.5, 0.6) is 5.75 Å². The number of rotatable bonds is 3. The van der Waals surface area contributed by atoms with E-state index in [1.165, 1.54) is 19.3 Å². The minimum absolute atomic E-state index is 0.106. The van der Waals surface area contributed by atoms with Crippen LogP contribution in [0.3, 0.4) is 0 Å². The highest BCUT2D eigenvalue weighted by molar-refractivity contribution is 5.99. The van der Waals surface area contributed by atoms with Gasteiger partial charge in [-0.25, -0.2) is 0 Å². The third kappa shape index (κ3) is 3.19. The van der Waals surface area contributed by atoms with Crippen LogP contribution in [0.1, 0.15) is 49.4 Å². The van der Waals surface area contributed by atoms with Gasteiger partial charge in [-0.15, -0.1) is 0 Å². The summed E-state index contributed by atoms with van der Waals surface area (Å²) in [6, 6.07) is 5.15. The van der Waals surface area contributed by atoms with Crippen molar-refractivity contribution in [3.8, 4) is 5.75 Å². The van der Waals surface area contributed by atoms with E-state index < -0.39 is 0 Å². The Hall–Kier alpha value is -1.71. The van der Waals surface area contributed by atoms with E-state index in [2.05, 4.69) is 12.2 Å². The molecule has 0 saturated heterocycles. The Bertz CT molecular complexity index is 465. The van der Waals surface area contributed by atoms with Crippen LogP contribution in [-0.2, 0) is 0 Å². The molecule has 0 atom stereocenters. The zero-order valence-corrected chi connectivity index (χ0v) is 11.7. The maximum absolute atomic E-state index is 12.4. The largest absolute Gasteiger partial charge is 0.497 e. The van der Waals surface area contributed by atoms with Gasteiger partial charge in [0, 0.05) is 11.2 Å². The summed E-state index contributed by atoms with van der Waals surface area (Å²) < 4.78 is 5.14. The molecule has 1 fully saturated rings. The summed E-state index contributed by atoms with van der Waals surface area (Å²) in [4.78, 5) is 12.4. The highest BCUT2D eigenvalue weighted by Crippen LogP contribution is 2.28. The van der Waals surface area contributed by atoms with E-state index in [1.54, 1.807) is 25.3 Å². The number of methoxy groups -OCH3 is 1. The van der Waals surface area contributed by atoms with Crippen molar-refractivity contribution in [1.29, 1.82) is 0 Å². The van der Waals surface area contributed by atoms with Crippen molar-refractivity contribution < 1.29 is 9.53 Å². The molecule has 0 aliphatic heterocycles. The Morgan fingerprint density at radius 3 is 2.63 bits per heavy atom. The second-order valence-corrected chi connectivity index (χ2v) is 5.53. The number of nitrogen functional groups attached to an aromatic ring is 1. The first-order valence-electron chi connectivity index (χ1n) is 6.80. The topological polar surface area (TPSA) is 64.3 Å². The quantitative estimate of drug-likeness (QED) is 0.823. The predicted molar refractivity (Wildman–Crippen MR) is 76.4 cm³/mol. The first kappa shape index (κ1) is 13.7. The van der Waals surface area contributed by atoms with Gasteiger partial charge < -0.3 is 15.8 Å². The number of carbonyl (C=O) groups excluding carboxylic acids is 1. The van der Waals surface area contributed by atoms with E-state index in [9.17, 15) is 4.79 Å². The van der Waals surface area contributed by atoms with Gasteiger partial charge in [0.05, 0.1) is 12.7 Å². The molecule has 0 spiro atoms. The zero-order chi connectivity index (χ0) is 13.9. The average molecular weight is 262 g/mol. The molecule has 2 rings (SSSR count). The molecule has 0 heterocycles.